The van der Waals surface area contributed by atoms with Crippen LogP contribution < -0.4 is 0 Å². The summed E-state index contributed by atoms with van der Waals surface area (Å²) in [4.78, 5) is 3.31. The third-order valence-electron chi connectivity index (χ3n) is 3.27. The number of imidazole rings is 1. The number of nitrogens with zero attached hydrogens (tertiary/aromatic N) is 3. The molecule has 2 rings (SSSR count). The summed E-state index contributed by atoms with van der Waals surface area (Å²) in [5, 5.41) is 4.56. The number of nitrogens with one attached hydrogen (secondary N) is 1. The molecular weight excluding hydrogens is 264 g/mol. The molecule has 0 aromatic carbocycles. The van der Waals surface area contributed by atoms with Crippen LogP contribution in [0.5, 0.6) is 0 Å². The summed E-state index contributed by atoms with van der Waals surface area (Å²) < 4.78 is 5.10. The summed E-state index contributed by atoms with van der Waals surface area (Å²) in [5.74, 6) is 1.08. The monoisotopic (exact) mass is 284 g/mol. The molecule has 0 aliphatic carbocycles. The van der Waals surface area contributed by atoms with Gasteiger partial charge in [0.25, 0.3) is 0 Å². The van der Waals surface area contributed by atoms with Crippen LogP contribution in [0.1, 0.15) is 32.0 Å². The van der Waals surface area contributed by atoms with Crippen LogP contribution in [-0.2, 0) is 6.54 Å². The number of H-pyrrole nitrogens is 1. The number of hydrogen-bond acceptors (Lipinski definition) is 3. The van der Waals surface area contributed by atoms with Crippen LogP contribution in [-0.4, -0.2) is 31.3 Å². The third kappa shape index (κ3) is 2.12. The second kappa shape index (κ2) is 5.48. The van der Waals surface area contributed by atoms with Crippen molar-refractivity contribution in [3.8, 4) is 0 Å². The zero-order valence-electron chi connectivity index (χ0n) is 11.4. The van der Waals surface area contributed by atoms with Crippen molar-refractivity contribution < 1.29 is 0 Å². The molecule has 1 N–H and O–H groups in total. The van der Waals surface area contributed by atoms with Crippen molar-refractivity contribution in [3.05, 3.63) is 10.5 Å². The SMILES string of the molecule is CCC(CSC)n1c(=S)[nH]c2c(C)nn(CC)c21. The zero-order chi connectivity index (χ0) is 13.3. The molecular formula is C12H20N4S2. The Bertz CT molecular complexity index is 593. The molecule has 0 amide bonds. The molecule has 1 unspecified atom stereocenters. The van der Waals surface area contributed by atoms with Crippen LogP contribution in [0.15, 0.2) is 0 Å². The minimum Gasteiger partial charge on any atom is -0.328 e. The van der Waals surface area contributed by atoms with E-state index in [2.05, 4.69) is 34.8 Å². The largest absolute Gasteiger partial charge is 0.328 e. The molecule has 18 heavy (non-hydrogen) atoms. The maximum Gasteiger partial charge on any atom is 0.179 e. The Kier molecular flexibility index (Phi) is 4.17. The number of rotatable bonds is 5. The normalized spacial score (nSPS) is 13.3. The summed E-state index contributed by atoms with van der Waals surface area (Å²) in [5.41, 5.74) is 3.25. The summed E-state index contributed by atoms with van der Waals surface area (Å²) in [6, 6.07) is 0.433. The van der Waals surface area contributed by atoms with E-state index in [0.29, 0.717) is 6.04 Å². The van der Waals surface area contributed by atoms with Crippen molar-refractivity contribution in [2.24, 2.45) is 0 Å². The summed E-state index contributed by atoms with van der Waals surface area (Å²) in [7, 11) is 0. The molecule has 100 valence electrons. The second-order valence-corrected chi connectivity index (χ2v) is 5.71. The average Bonchev–Trinajstić information content (AvgIpc) is 2.84. The van der Waals surface area contributed by atoms with Crippen molar-refractivity contribution in [2.75, 3.05) is 12.0 Å². The average molecular weight is 284 g/mol. The van der Waals surface area contributed by atoms with E-state index in [4.69, 9.17) is 12.2 Å². The molecule has 4 nitrogen and oxygen atoms in total. The van der Waals surface area contributed by atoms with Gasteiger partial charge in [-0.15, -0.1) is 0 Å². The lowest BCUT2D eigenvalue weighted by Gasteiger charge is -2.16. The molecule has 2 heterocycles. The summed E-state index contributed by atoms with van der Waals surface area (Å²) in [6.07, 6.45) is 3.22. The van der Waals surface area contributed by atoms with Gasteiger partial charge in [-0.25, -0.2) is 4.68 Å². The molecule has 1 atom stereocenters. The van der Waals surface area contributed by atoms with Crippen LogP contribution in [0.3, 0.4) is 0 Å². The standard InChI is InChI=1S/C12H20N4S2/c1-5-9(7-18-4)16-11-10(13-12(16)17)8(3)14-15(11)6-2/h9H,5-7H2,1-4H3,(H,13,17). The van der Waals surface area contributed by atoms with Crippen LogP contribution in [0.2, 0.25) is 0 Å². The van der Waals surface area contributed by atoms with Gasteiger partial charge in [-0.3, -0.25) is 4.57 Å². The molecule has 0 saturated carbocycles. The van der Waals surface area contributed by atoms with Crippen molar-refractivity contribution in [1.82, 2.24) is 19.3 Å². The fraction of sp³-hybridized carbons (Fsp3) is 0.667. The molecule has 6 heteroatoms. The van der Waals surface area contributed by atoms with Gasteiger partial charge < -0.3 is 4.98 Å². The van der Waals surface area contributed by atoms with Crippen LogP contribution in [0, 0.1) is 11.7 Å². The summed E-state index contributed by atoms with van der Waals surface area (Å²) >= 11 is 7.35. The van der Waals surface area contributed by atoms with E-state index >= 15 is 0 Å². The topological polar surface area (TPSA) is 38.5 Å². The highest BCUT2D eigenvalue weighted by Crippen LogP contribution is 2.25. The highest BCUT2D eigenvalue weighted by atomic mass is 32.2. The first kappa shape index (κ1) is 13.7. The van der Waals surface area contributed by atoms with Gasteiger partial charge >= 0.3 is 0 Å². The van der Waals surface area contributed by atoms with Gasteiger partial charge in [0.2, 0.25) is 0 Å². The molecule has 0 aliphatic heterocycles. The van der Waals surface area contributed by atoms with Crippen LogP contribution in [0.4, 0.5) is 0 Å². The minimum absolute atomic E-state index is 0.433. The lowest BCUT2D eigenvalue weighted by Crippen LogP contribution is -2.13. The summed E-state index contributed by atoms with van der Waals surface area (Å²) in [6.45, 7) is 7.22. The van der Waals surface area contributed by atoms with E-state index < -0.39 is 0 Å². The maximum atomic E-state index is 5.49. The van der Waals surface area contributed by atoms with Gasteiger partial charge in [0.1, 0.15) is 5.52 Å². The fourth-order valence-corrected chi connectivity index (χ4v) is 3.46. The Morgan fingerprint density at radius 2 is 2.17 bits per heavy atom. The number of aromatic nitrogens is 4. The van der Waals surface area contributed by atoms with Crippen molar-refractivity contribution in [3.63, 3.8) is 0 Å². The quantitative estimate of drug-likeness (QED) is 0.854. The highest BCUT2D eigenvalue weighted by Gasteiger charge is 2.18. The van der Waals surface area contributed by atoms with Gasteiger partial charge in [-0.1, -0.05) is 6.92 Å². The van der Waals surface area contributed by atoms with Crippen molar-refractivity contribution in [1.29, 1.82) is 0 Å². The Hall–Kier alpha value is -0.750. The van der Waals surface area contributed by atoms with E-state index in [1.807, 2.05) is 23.4 Å². The van der Waals surface area contributed by atoms with Gasteiger partial charge in [0.15, 0.2) is 10.4 Å². The Morgan fingerprint density at radius 1 is 1.44 bits per heavy atom. The third-order valence-corrected chi connectivity index (χ3v) is 4.29. The molecule has 0 spiro atoms. The van der Waals surface area contributed by atoms with Gasteiger partial charge in [0, 0.05) is 18.3 Å². The molecule has 0 saturated heterocycles. The van der Waals surface area contributed by atoms with E-state index in [1.54, 1.807) is 0 Å². The predicted molar refractivity (Wildman–Crippen MR) is 81.0 cm³/mol. The first-order valence-electron chi connectivity index (χ1n) is 6.30. The van der Waals surface area contributed by atoms with Crippen LogP contribution >= 0.6 is 24.0 Å². The number of hydrogen-bond donors (Lipinski definition) is 1. The highest BCUT2D eigenvalue weighted by molar-refractivity contribution is 7.98. The van der Waals surface area contributed by atoms with Crippen molar-refractivity contribution >= 4 is 35.1 Å². The number of fused-ring (bicyclic) bond motifs is 1. The molecule has 0 aliphatic rings. The second-order valence-electron chi connectivity index (χ2n) is 4.42. The molecule has 0 fully saturated rings. The molecule has 0 radical (unpaired) electrons. The van der Waals surface area contributed by atoms with E-state index in [9.17, 15) is 0 Å². The smallest absolute Gasteiger partial charge is 0.179 e. The first-order chi connectivity index (χ1) is 8.63. The zero-order valence-corrected chi connectivity index (χ0v) is 13.0. The Morgan fingerprint density at radius 3 is 2.72 bits per heavy atom. The predicted octanol–water partition coefficient (Wildman–Crippen LogP) is 3.54. The van der Waals surface area contributed by atoms with E-state index in [1.165, 1.54) is 0 Å². The Balaban J connectivity index is 2.68. The number of aromatic amines is 1. The first-order valence-corrected chi connectivity index (χ1v) is 8.10. The molecule has 2 aromatic heterocycles. The number of thioether (sulfide) groups is 1. The van der Waals surface area contributed by atoms with Gasteiger partial charge in [0.05, 0.1) is 5.69 Å². The fourth-order valence-electron chi connectivity index (χ4n) is 2.35. The lowest BCUT2D eigenvalue weighted by molar-refractivity contribution is 0.526. The molecule has 0 bridgehead atoms. The van der Waals surface area contributed by atoms with Gasteiger partial charge in [-0.2, -0.15) is 16.9 Å². The van der Waals surface area contributed by atoms with Gasteiger partial charge in [-0.05, 0) is 38.7 Å². The maximum absolute atomic E-state index is 5.49. The van der Waals surface area contributed by atoms with E-state index in [0.717, 1.165) is 40.3 Å². The lowest BCUT2D eigenvalue weighted by atomic mass is 10.2. The Labute approximate surface area is 117 Å². The van der Waals surface area contributed by atoms with E-state index in [-0.39, 0.29) is 0 Å². The minimum atomic E-state index is 0.433. The van der Waals surface area contributed by atoms with Crippen molar-refractivity contribution in [2.45, 2.75) is 39.8 Å². The number of aryl methyl sites for hydroxylation is 2. The van der Waals surface area contributed by atoms with Crippen LogP contribution in [0.25, 0.3) is 11.2 Å². The molecule has 2 aromatic rings.